The third kappa shape index (κ3) is 4.66. The number of fused-ring (bicyclic) bond motifs is 1. The lowest BCUT2D eigenvalue weighted by Crippen LogP contribution is -2.10. The SMILES string of the molecule is CCOc1cc(=O)c2cc(OCC(C)C)c(OCC(C)C)cc2[nH]1. The summed E-state index contributed by atoms with van der Waals surface area (Å²) in [5.74, 6) is 2.48. The average molecular weight is 333 g/mol. The van der Waals surface area contributed by atoms with E-state index >= 15 is 0 Å². The number of rotatable bonds is 8. The van der Waals surface area contributed by atoms with Crippen molar-refractivity contribution in [2.75, 3.05) is 19.8 Å². The Morgan fingerprint density at radius 3 is 2.04 bits per heavy atom. The van der Waals surface area contributed by atoms with Gasteiger partial charge in [0.25, 0.3) is 0 Å². The molecule has 0 bridgehead atoms. The summed E-state index contributed by atoms with van der Waals surface area (Å²) in [7, 11) is 0. The average Bonchev–Trinajstić information content (AvgIpc) is 2.51. The second-order valence-electron chi connectivity index (χ2n) is 6.69. The van der Waals surface area contributed by atoms with Gasteiger partial charge in [-0.25, -0.2) is 0 Å². The molecule has 0 aliphatic rings. The van der Waals surface area contributed by atoms with Gasteiger partial charge in [-0.2, -0.15) is 0 Å². The molecule has 1 N–H and O–H groups in total. The van der Waals surface area contributed by atoms with Crippen LogP contribution in [-0.2, 0) is 0 Å². The molecule has 0 saturated heterocycles. The minimum atomic E-state index is -0.1000. The molecule has 2 rings (SSSR count). The number of nitrogens with one attached hydrogen (secondary N) is 1. The molecule has 1 aromatic heterocycles. The van der Waals surface area contributed by atoms with Crippen LogP contribution in [0.3, 0.4) is 0 Å². The Balaban J connectivity index is 2.47. The van der Waals surface area contributed by atoms with E-state index in [-0.39, 0.29) is 5.43 Å². The Bertz CT molecular complexity index is 734. The number of hydrogen-bond donors (Lipinski definition) is 1. The van der Waals surface area contributed by atoms with E-state index in [4.69, 9.17) is 14.2 Å². The zero-order valence-corrected chi connectivity index (χ0v) is 15.1. The maximum absolute atomic E-state index is 12.3. The van der Waals surface area contributed by atoms with E-state index in [0.29, 0.717) is 59.9 Å². The maximum Gasteiger partial charge on any atom is 0.195 e. The molecule has 0 unspecified atom stereocenters. The maximum atomic E-state index is 12.3. The van der Waals surface area contributed by atoms with Gasteiger partial charge in [-0.05, 0) is 24.8 Å². The summed E-state index contributed by atoms with van der Waals surface area (Å²) in [5.41, 5.74) is 0.582. The summed E-state index contributed by atoms with van der Waals surface area (Å²) in [6, 6.07) is 5.03. The van der Waals surface area contributed by atoms with Crippen molar-refractivity contribution < 1.29 is 14.2 Å². The molecule has 1 aromatic carbocycles. The van der Waals surface area contributed by atoms with Crippen molar-refractivity contribution in [3.63, 3.8) is 0 Å². The van der Waals surface area contributed by atoms with Crippen molar-refractivity contribution in [2.45, 2.75) is 34.6 Å². The number of pyridine rings is 1. The lowest BCUT2D eigenvalue weighted by Gasteiger charge is -2.16. The van der Waals surface area contributed by atoms with Crippen LogP contribution in [0, 0.1) is 11.8 Å². The van der Waals surface area contributed by atoms with Gasteiger partial charge in [0.2, 0.25) is 0 Å². The van der Waals surface area contributed by atoms with Crippen molar-refractivity contribution in [2.24, 2.45) is 11.8 Å². The van der Waals surface area contributed by atoms with E-state index in [0.717, 1.165) is 0 Å². The molecule has 5 heteroatoms. The summed E-state index contributed by atoms with van der Waals surface area (Å²) >= 11 is 0. The number of aromatic amines is 1. The Morgan fingerprint density at radius 1 is 0.917 bits per heavy atom. The molecule has 0 atom stereocenters. The molecule has 5 nitrogen and oxygen atoms in total. The van der Waals surface area contributed by atoms with Crippen molar-refractivity contribution in [3.05, 3.63) is 28.4 Å². The monoisotopic (exact) mass is 333 g/mol. The number of H-pyrrole nitrogens is 1. The lowest BCUT2D eigenvalue weighted by atomic mass is 10.1. The zero-order valence-electron chi connectivity index (χ0n) is 15.1. The van der Waals surface area contributed by atoms with E-state index < -0.39 is 0 Å². The first-order valence-electron chi connectivity index (χ1n) is 8.50. The van der Waals surface area contributed by atoms with Gasteiger partial charge < -0.3 is 19.2 Å². The number of benzene rings is 1. The molecule has 2 aromatic rings. The number of aromatic nitrogens is 1. The van der Waals surface area contributed by atoms with Gasteiger partial charge in [-0.15, -0.1) is 0 Å². The molecule has 0 aliphatic heterocycles. The van der Waals surface area contributed by atoms with E-state index in [1.165, 1.54) is 6.07 Å². The van der Waals surface area contributed by atoms with Crippen LogP contribution in [0.25, 0.3) is 10.9 Å². The summed E-state index contributed by atoms with van der Waals surface area (Å²) < 4.78 is 17.2. The first kappa shape index (κ1) is 18.2. The van der Waals surface area contributed by atoms with Crippen LogP contribution in [0.1, 0.15) is 34.6 Å². The molecule has 0 spiro atoms. The summed E-state index contributed by atoms with van der Waals surface area (Å²) in [4.78, 5) is 15.5. The highest BCUT2D eigenvalue weighted by molar-refractivity contribution is 5.83. The van der Waals surface area contributed by atoms with Crippen LogP contribution in [0.2, 0.25) is 0 Å². The third-order valence-electron chi connectivity index (χ3n) is 3.31. The minimum Gasteiger partial charge on any atom is -0.489 e. The zero-order chi connectivity index (χ0) is 17.7. The Labute approximate surface area is 142 Å². The van der Waals surface area contributed by atoms with Crippen molar-refractivity contribution in [3.8, 4) is 17.4 Å². The van der Waals surface area contributed by atoms with Crippen molar-refractivity contribution in [1.82, 2.24) is 4.98 Å². The highest BCUT2D eigenvalue weighted by atomic mass is 16.5. The molecule has 24 heavy (non-hydrogen) atoms. The number of hydrogen-bond acceptors (Lipinski definition) is 4. The molecule has 132 valence electrons. The van der Waals surface area contributed by atoms with Gasteiger partial charge in [-0.3, -0.25) is 4.79 Å². The first-order valence-corrected chi connectivity index (χ1v) is 8.50. The van der Waals surface area contributed by atoms with E-state index in [1.807, 2.05) is 13.0 Å². The van der Waals surface area contributed by atoms with Crippen molar-refractivity contribution >= 4 is 10.9 Å². The summed E-state index contributed by atoms with van der Waals surface area (Å²) in [5, 5.41) is 0.564. The van der Waals surface area contributed by atoms with Crippen LogP contribution in [0.5, 0.6) is 17.4 Å². The van der Waals surface area contributed by atoms with E-state index in [2.05, 4.69) is 32.7 Å². The highest BCUT2D eigenvalue weighted by Crippen LogP contribution is 2.32. The van der Waals surface area contributed by atoms with Crippen LogP contribution < -0.4 is 19.6 Å². The number of ether oxygens (including phenoxy) is 3. The van der Waals surface area contributed by atoms with Gasteiger partial charge >= 0.3 is 0 Å². The molecular weight excluding hydrogens is 306 g/mol. The fourth-order valence-corrected chi connectivity index (χ4v) is 2.20. The minimum absolute atomic E-state index is 0.1000. The van der Waals surface area contributed by atoms with Crippen LogP contribution >= 0.6 is 0 Å². The van der Waals surface area contributed by atoms with Gasteiger partial charge in [0.05, 0.1) is 25.3 Å². The van der Waals surface area contributed by atoms with Crippen LogP contribution in [0.4, 0.5) is 0 Å². The van der Waals surface area contributed by atoms with Gasteiger partial charge in [0.1, 0.15) is 0 Å². The Hall–Kier alpha value is -2.17. The van der Waals surface area contributed by atoms with E-state index in [1.54, 1.807) is 6.07 Å². The smallest absolute Gasteiger partial charge is 0.195 e. The third-order valence-corrected chi connectivity index (χ3v) is 3.31. The first-order chi connectivity index (χ1) is 11.4. The quantitative estimate of drug-likeness (QED) is 0.793. The summed E-state index contributed by atoms with van der Waals surface area (Å²) in [6.07, 6.45) is 0. The molecule has 0 aliphatic carbocycles. The molecule has 0 fully saturated rings. The van der Waals surface area contributed by atoms with Gasteiger partial charge in [0, 0.05) is 17.5 Å². The Kier molecular flexibility index (Phi) is 6.12. The van der Waals surface area contributed by atoms with Crippen LogP contribution in [-0.4, -0.2) is 24.8 Å². The normalized spacial score (nSPS) is 11.3. The second kappa shape index (κ2) is 8.08. The van der Waals surface area contributed by atoms with Crippen LogP contribution in [0.15, 0.2) is 23.0 Å². The van der Waals surface area contributed by atoms with Crippen molar-refractivity contribution in [1.29, 1.82) is 0 Å². The van der Waals surface area contributed by atoms with Gasteiger partial charge in [-0.1, -0.05) is 27.7 Å². The highest BCUT2D eigenvalue weighted by Gasteiger charge is 2.13. The molecule has 1 heterocycles. The van der Waals surface area contributed by atoms with E-state index in [9.17, 15) is 4.79 Å². The molecule has 0 amide bonds. The lowest BCUT2D eigenvalue weighted by molar-refractivity contribution is 0.230. The molecular formula is C19H27NO4. The summed E-state index contributed by atoms with van der Waals surface area (Å²) in [6.45, 7) is 11.9. The fourth-order valence-electron chi connectivity index (χ4n) is 2.20. The Morgan fingerprint density at radius 2 is 1.50 bits per heavy atom. The second-order valence-corrected chi connectivity index (χ2v) is 6.69. The molecule has 0 radical (unpaired) electrons. The molecule has 0 saturated carbocycles. The fraction of sp³-hybridized carbons (Fsp3) is 0.526. The topological polar surface area (TPSA) is 60.6 Å². The predicted molar refractivity (Wildman–Crippen MR) is 96.4 cm³/mol. The standard InChI is InChI=1S/C19H27NO4/c1-6-22-19-9-16(21)14-7-17(23-10-12(2)3)18(8-15(14)20-19)24-11-13(4)5/h7-9,12-13H,6,10-11H2,1-5H3,(H,20,21). The largest absolute Gasteiger partial charge is 0.489 e. The predicted octanol–water partition coefficient (Wildman–Crippen LogP) is 4.00. The van der Waals surface area contributed by atoms with Gasteiger partial charge in [0.15, 0.2) is 22.8 Å².